The molecule has 0 radical (unpaired) electrons. The third-order valence-corrected chi connectivity index (χ3v) is 4.44. The molecule has 4 heteroatoms. The first-order chi connectivity index (χ1) is 8.76. The van der Waals surface area contributed by atoms with E-state index in [-0.39, 0.29) is 0 Å². The molecule has 0 aliphatic carbocycles. The van der Waals surface area contributed by atoms with E-state index in [9.17, 15) is 0 Å². The van der Waals surface area contributed by atoms with Crippen molar-refractivity contribution < 1.29 is 0 Å². The van der Waals surface area contributed by atoms with Gasteiger partial charge in [0, 0.05) is 24.1 Å². The van der Waals surface area contributed by atoms with Gasteiger partial charge in [-0.1, -0.05) is 19.1 Å². The van der Waals surface area contributed by atoms with Crippen molar-refractivity contribution in [2.75, 3.05) is 12.1 Å². The minimum Gasteiger partial charge on any atom is -0.328 e. The second kappa shape index (κ2) is 6.48. The first kappa shape index (κ1) is 13.8. The van der Waals surface area contributed by atoms with E-state index in [1.165, 1.54) is 5.52 Å². The van der Waals surface area contributed by atoms with Gasteiger partial charge in [0.1, 0.15) is 5.82 Å². The lowest BCUT2D eigenvalue weighted by atomic mass is 10.3. The van der Waals surface area contributed by atoms with Gasteiger partial charge >= 0.3 is 0 Å². The van der Waals surface area contributed by atoms with Gasteiger partial charge in [0.15, 0.2) is 0 Å². The van der Waals surface area contributed by atoms with E-state index in [4.69, 9.17) is 11.6 Å². The molecule has 0 spiro atoms. The van der Waals surface area contributed by atoms with E-state index in [1.54, 1.807) is 0 Å². The molecule has 0 N–H and O–H groups in total. The van der Waals surface area contributed by atoms with E-state index < -0.39 is 0 Å². The fourth-order valence-electron chi connectivity index (χ4n) is 2.08. The summed E-state index contributed by atoms with van der Waals surface area (Å²) in [5.74, 6) is 1.74. The number of hydrogen-bond acceptors (Lipinski definition) is 2. The number of imidazole rings is 1. The van der Waals surface area contributed by atoms with E-state index in [1.807, 2.05) is 17.8 Å². The van der Waals surface area contributed by atoms with Gasteiger partial charge in [-0.05, 0) is 24.8 Å². The summed E-state index contributed by atoms with van der Waals surface area (Å²) < 4.78 is 2.32. The number of rotatable bonds is 6. The Morgan fingerprint density at radius 2 is 2.17 bits per heavy atom. The zero-order valence-electron chi connectivity index (χ0n) is 10.9. The molecule has 2 rings (SSSR count). The number of para-hydroxylation sites is 2. The van der Waals surface area contributed by atoms with Crippen LogP contribution in [0.3, 0.4) is 0 Å². The van der Waals surface area contributed by atoms with Crippen molar-refractivity contribution in [1.82, 2.24) is 9.55 Å². The molecule has 1 heterocycles. The van der Waals surface area contributed by atoms with Gasteiger partial charge in [0.25, 0.3) is 0 Å². The maximum absolute atomic E-state index is 5.87. The molecule has 1 unspecified atom stereocenters. The highest BCUT2D eigenvalue weighted by atomic mass is 35.5. The molecular formula is C14H19ClN2S. The molecule has 0 saturated carbocycles. The first-order valence-electron chi connectivity index (χ1n) is 6.29. The summed E-state index contributed by atoms with van der Waals surface area (Å²) >= 11 is 7.78. The van der Waals surface area contributed by atoms with Crippen LogP contribution >= 0.6 is 23.4 Å². The zero-order chi connectivity index (χ0) is 13.0. The Labute approximate surface area is 118 Å². The highest BCUT2D eigenvalue weighted by Gasteiger charge is 2.10. The van der Waals surface area contributed by atoms with Crippen LogP contribution in [0.15, 0.2) is 24.3 Å². The van der Waals surface area contributed by atoms with Crippen LogP contribution in [-0.2, 0) is 13.0 Å². The molecule has 2 nitrogen and oxygen atoms in total. The highest BCUT2D eigenvalue weighted by Crippen LogP contribution is 2.19. The number of fused-ring (bicyclic) bond motifs is 1. The number of hydrogen-bond donors (Lipinski definition) is 0. The summed E-state index contributed by atoms with van der Waals surface area (Å²) in [6, 6.07) is 8.32. The van der Waals surface area contributed by atoms with Crippen molar-refractivity contribution in [2.45, 2.75) is 31.6 Å². The van der Waals surface area contributed by atoms with Crippen molar-refractivity contribution in [3.8, 4) is 0 Å². The third kappa shape index (κ3) is 3.01. The molecule has 1 aromatic carbocycles. The monoisotopic (exact) mass is 282 g/mol. The second-order valence-corrected chi connectivity index (χ2v) is 6.10. The summed E-state index contributed by atoms with van der Waals surface area (Å²) in [5.41, 5.74) is 2.31. The predicted octanol–water partition coefficient (Wildman–Crippen LogP) is 3.96. The lowest BCUT2D eigenvalue weighted by Crippen LogP contribution is -2.08. The molecule has 2 aromatic rings. The Bertz CT molecular complexity index is 509. The zero-order valence-corrected chi connectivity index (χ0v) is 12.5. The van der Waals surface area contributed by atoms with E-state index >= 15 is 0 Å². The Hall–Kier alpha value is -0.670. The van der Waals surface area contributed by atoms with Gasteiger partial charge in [-0.25, -0.2) is 4.98 Å². The van der Waals surface area contributed by atoms with Crippen LogP contribution in [0.5, 0.6) is 0 Å². The minimum absolute atomic E-state index is 0.626. The number of nitrogens with zero attached hydrogens (tertiary/aromatic N) is 2. The average molecular weight is 283 g/mol. The Balaban J connectivity index is 2.29. The van der Waals surface area contributed by atoms with E-state index in [0.717, 1.165) is 30.7 Å². The fraction of sp³-hybridized carbons (Fsp3) is 0.500. The number of benzene rings is 1. The molecular weight excluding hydrogens is 264 g/mol. The summed E-state index contributed by atoms with van der Waals surface area (Å²) in [4.78, 5) is 4.68. The molecule has 0 saturated heterocycles. The van der Waals surface area contributed by atoms with Gasteiger partial charge in [0.05, 0.1) is 11.0 Å². The van der Waals surface area contributed by atoms with Crippen molar-refractivity contribution >= 4 is 34.4 Å². The van der Waals surface area contributed by atoms with Gasteiger partial charge < -0.3 is 4.57 Å². The average Bonchev–Trinajstić information content (AvgIpc) is 2.74. The van der Waals surface area contributed by atoms with Crippen molar-refractivity contribution in [1.29, 1.82) is 0 Å². The van der Waals surface area contributed by atoms with Gasteiger partial charge in [-0.2, -0.15) is 11.8 Å². The van der Waals surface area contributed by atoms with Crippen molar-refractivity contribution in [3.63, 3.8) is 0 Å². The highest BCUT2D eigenvalue weighted by molar-refractivity contribution is 7.99. The lowest BCUT2D eigenvalue weighted by Gasteiger charge is -2.11. The smallest absolute Gasteiger partial charge is 0.111 e. The molecule has 0 aliphatic rings. The van der Waals surface area contributed by atoms with Crippen LogP contribution in [0.2, 0.25) is 0 Å². The van der Waals surface area contributed by atoms with E-state index in [2.05, 4.69) is 40.9 Å². The summed E-state index contributed by atoms with van der Waals surface area (Å²) in [7, 11) is 0. The summed E-state index contributed by atoms with van der Waals surface area (Å²) in [5, 5.41) is 0.676. The number of aryl methyl sites for hydroxylation is 2. The van der Waals surface area contributed by atoms with Crippen LogP contribution in [0, 0.1) is 0 Å². The Morgan fingerprint density at radius 3 is 2.89 bits per heavy atom. The molecule has 0 aliphatic heterocycles. The van der Waals surface area contributed by atoms with E-state index in [0.29, 0.717) is 11.1 Å². The van der Waals surface area contributed by atoms with Crippen LogP contribution < -0.4 is 0 Å². The first-order valence-corrected chi connectivity index (χ1v) is 8.11. The number of halogens is 1. The Morgan fingerprint density at radius 1 is 1.39 bits per heavy atom. The Kier molecular flexibility index (Phi) is 4.95. The van der Waals surface area contributed by atoms with Crippen LogP contribution in [0.25, 0.3) is 11.0 Å². The quantitative estimate of drug-likeness (QED) is 0.747. The minimum atomic E-state index is 0.626. The van der Waals surface area contributed by atoms with Crippen molar-refractivity contribution in [2.24, 2.45) is 0 Å². The molecule has 0 fully saturated rings. The summed E-state index contributed by atoms with van der Waals surface area (Å²) in [6.07, 6.45) is 4.16. The van der Waals surface area contributed by atoms with Gasteiger partial charge in [-0.3, -0.25) is 0 Å². The molecule has 1 aromatic heterocycles. The maximum Gasteiger partial charge on any atom is 0.111 e. The number of alkyl halides is 1. The molecule has 98 valence electrons. The van der Waals surface area contributed by atoms with Gasteiger partial charge in [0.2, 0.25) is 0 Å². The summed E-state index contributed by atoms with van der Waals surface area (Å²) in [6.45, 7) is 3.29. The van der Waals surface area contributed by atoms with Crippen LogP contribution in [0.4, 0.5) is 0 Å². The number of thioether (sulfide) groups is 1. The molecule has 0 amide bonds. The SMILES string of the molecule is CSC(C)CCn1c(CCCl)nc2ccccc21. The lowest BCUT2D eigenvalue weighted by molar-refractivity contribution is 0.628. The van der Waals surface area contributed by atoms with Crippen molar-refractivity contribution in [3.05, 3.63) is 30.1 Å². The third-order valence-electron chi connectivity index (χ3n) is 3.21. The van der Waals surface area contributed by atoms with Crippen LogP contribution in [0.1, 0.15) is 19.2 Å². The topological polar surface area (TPSA) is 17.8 Å². The second-order valence-electron chi connectivity index (χ2n) is 4.44. The fourth-order valence-corrected chi connectivity index (χ4v) is 2.59. The molecule has 18 heavy (non-hydrogen) atoms. The molecule has 1 atom stereocenters. The predicted molar refractivity (Wildman–Crippen MR) is 81.8 cm³/mol. The molecule has 0 bridgehead atoms. The maximum atomic E-state index is 5.87. The number of aromatic nitrogens is 2. The van der Waals surface area contributed by atoms with Gasteiger partial charge in [-0.15, -0.1) is 11.6 Å². The normalized spacial score (nSPS) is 13.1. The standard InChI is InChI=1S/C14H19ClN2S/c1-11(18-2)8-10-17-13-6-4-3-5-12(13)16-14(17)7-9-15/h3-6,11H,7-10H2,1-2H3. The van der Waals surface area contributed by atoms with Crippen LogP contribution in [-0.4, -0.2) is 26.9 Å². The largest absolute Gasteiger partial charge is 0.328 e.